The number of likely N-dealkylation sites (tertiary alicyclic amines) is 1. The molecule has 2 fully saturated rings. The summed E-state index contributed by atoms with van der Waals surface area (Å²) in [6.07, 6.45) is 5.77. The smallest absolute Gasteiger partial charge is 0.358 e. The third kappa shape index (κ3) is 4.46. The van der Waals surface area contributed by atoms with Crippen LogP contribution in [-0.2, 0) is 11.3 Å². The fourth-order valence-corrected chi connectivity index (χ4v) is 4.13. The van der Waals surface area contributed by atoms with Crippen molar-refractivity contribution in [2.24, 2.45) is 5.92 Å². The van der Waals surface area contributed by atoms with E-state index in [1.54, 1.807) is 18.2 Å². The van der Waals surface area contributed by atoms with Crippen molar-refractivity contribution >= 4 is 24.4 Å². The average molecular weight is 431 g/mol. The molecule has 158 valence electrons. The SMILES string of the molecule is O=C(O)c1cn(CC=C2CN(C(C(=O)C3CC3)c3ccccc3F)CCC2S)nn1. The van der Waals surface area contributed by atoms with Gasteiger partial charge in [0.15, 0.2) is 11.5 Å². The molecule has 1 saturated heterocycles. The summed E-state index contributed by atoms with van der Waals surface area (Å²) in [6.45, 7) is 1.49. The van der Waals surface area contributed by atoms with Gasteiger partial charge in [0.05, 0.1) is 18.8 Å². The number of rotatable bonds is 7. The van der Waals surface area contributed by atoms with E-state index >= 15 is 0 Å². The summed E-state index contributed by atoms with van der Waals surface area (Å²) in [5.41, 5.74) is 1.31. The van der Waals surface area contributed by atoms with Crippen LogP contribution in [0.1, 0.15) is 41.4 Å². The molecule has 2 atom stereocenters. The Labute approximate surface area is 179 Å². The van der Waals surface area contributed by atoms with E-state index in [9.17, 15) is 14.0 Å². The summed E-state index contributed by atoms with van der Waals surface area (Å²) >= 11 is 4.67. The van der Waals surface area contributed by atoms with E-state index in [0.29, 0.717) is 25.2 Å². The van der Waals surface area contributed by atoms with Crippen molar-refractivity contribution in [1.29, 1.82) is 0 Å². The van der Waals surface area contributed by atoms with Crippen molar-refractivity contribution in [3.05, 3.63) is 59.2 Å². The number of halogens is 1. The minimum absolute atomic E-state index is 0.0142. The maximum Gasteiger partial charge on any atom is 0.358 e. The van der Waals surface area contributed by atoms with E-state index in [1.807, 2.05) is 11.0 Å². The Bertz CT molecular complexity index is 988. The second-order valence-corrected chi connectivity index (χ2v) is 8.41. The van der Waals surface area contributed by atoms with Gasteiger partial charge in [-0.25, -0.2) is 13.9 Å². The lowest BCUT2D eigenvalue weighted by molar-refractivity contribution is -0.126. The molecule has 0 bridgehead atoms. The van der Waals surface area contributed by atoms with Crippen LogP contribution in [-0.4, -0.2) is 55.1 Å². The number of hydrogen-bond acceptors (Lipinski definition) is 6. The number of carboxylic acids is 1. The van der Waals surface area contributed by atoms with E-state index in [2.05, 4.69) is 22.9 Å². The van der Waals surface area contributed by atoms with Gasteiger partial charge in [-0.15, -0.1) is 5.10 Å². The molecule has 2 heterocycles. The molecule has 2 aliphatic rings. The molecule has 1 N–H and O–H groups in total. The molecule has 4 rings (SSSR count). The van der Waals surface area contributed by atoms with Gasteiger partial charge in [0.2, 0.25) is 0 Å². The van der Waals surface area contributed by atoms with Crippen molar-refractivity contribution in [2.75, 3.05) is 13.1 Å². The molecule has 1 aromatic heterocycles. The predicted octanol–water partition coefficient (Wildman–Crippen LogP) is 2.77. The van der Waals surface area contributed by atoms with Gasteiger partial charge in [-0.2, -0.15) is 12.6 Å². The summed E-state index contributed by atoms with van der Waals surface area (Å²) in [7, 11) is 0. The number of carbonyl (C=O) groups is 2. The van der Waals surface area contributed by atoms with Crippen molar-refractivity contribution in [1.82, 2.24) is 19.9 Å². The number of piperidine rings is 1. The summed E-state index contributed by atoms with van der Waals surface area (Å²) in [6, 6.07) is 5.88. The Hall–Kier alpha value is -2.52. The summed E-state index contributed by atoms with van der Waals surface area (Å²) in [5.74, 6) is -1.39. The van der Waals surface area contributed by atoms with Gasteiger partial charge in [-0.05, 0) is 30.9 Å². The van der Waals surface area contributed by atoms with E-state index in [4.69, 9.17) is 5.11 Å². The maximum absolute atomic E-state index is 14.6. The van der Waals surface area contributed by atoms with Crippen LogP contribution in [0.4, 0.5) is 4.39 Å². The number of Topliss-reactive ketones (excluding diaryl/α,β-unsaturated/α-hetero) is 1. The molecular formula is C21H23FN4O3S. The van der Waals surface area contributed by atoms with Crippen LogP contribution < -0.4 is 0 Å². The number of thiol groups is 1. The zero-order valence-corrected chi connectivity index (χ0v) is 17.2. The Morgan fingerprint density at radius 3 is 2.73 bits per heavy atom. The van der Waals surface area contributed by atoms with Gasteiger partial charge in [0.1, 0.15) is 5.82 Å². The fraction of sp³-hybridized carbons (Fsp3) is 0.429. The van der Waals surface area contributed by atoms with Crippen molar-refractivity contribution in [3.63, 3.8) is 0 Å². The number of aromatic nitrogens is 3. The molecule has 2 aromatic rings. The van der Waals surface area contributed by atoms with Crippen LogP contribution in [0.2, 0.25) is 0 Å². The number of nitrogens with zero attached hydrogens (tertiary/aromatic N) is 4. The molecule has 2 unspecified atom stereocenters. The monoisotopic (exact) mass is 430 g/mol. The highest BCUT2D eigenvalue weighted by atomic mass is 32.1. The quantitative estimate of drug-likeness (QED) is 0.519. The zero-order chi connectivity index (χ0) is 21.3. The van der Waals surface area contributed by atoms with Gasteiger partial charge in [-0.3, -0.25) is 9.69 Å². The third-order valence-electron chi connectivity index (χ3n) is 5.62. The van der Waals surface area contributed by atoms with Crippen LogP contribution >= 0.6 is 12.6 Å². The van der Waals surface area contributed by atoms with Gasteiger partial charge in [0.25, 0.3) is 0 Å². The van der Waals surface area contributed by atoms with Crippen LogP contribution in [0.25, 0.3) is 0 Å². The third-order valence-corrected chi connectivity index (χ3v) is 6.21. The van der Waals surface area contributed by atoms with Crippen LogP contribution in [0.15, 0.2) is 42.1 Å². The molecule has 0 spiro atoms. The van der Waals surface area contributed by atoms with Gasteiger partial charge >= 0.3 is 5.97 Å². The Kier molecular flexibility index (Phi) is 6.01. The van der Waals surface area contributed by atoms with Gasteiger partial charge in [0, 0.05) is 29.8 Å². The molecule has 7 nitrogen and oxygen atoms in total. The molecule has 1 aliphatic heterocycles. The van der Waals surface area contributed by atoms with Crippen molar-refractivity contribution in [3.8, 4) is 0 Å². The first-order valence-electron chi connectivity index (χ1n) is 9.96. The minimum atomic E-state index is -1.13. The fourth-order valence-electron chi connectivity index (χ4n) is 3.83. The number of allylic oxidation sites excluding steroid dienone is 1. The van der Waals surface area contributed by atoms with Gasteiger partial charge in [-0.1, -0.05) is 29.5 Å². The van der Waals surface area contributed by atoms with E-state index in [-0.39, 0.29) is 28.5 Å². The van der Waals surface area contributed by atoms with Gasteiger partial charge < -0.3 is 5.11 Å². The van der Waals surface area contributed by atoms with Crippen LogP contribution in [0, 0.1) is 11.7 Å². The second-order valence-electron chi connectivity index (χ2n) is 7.79. The minimum Gasteiger partial charge on any atom is -0.476 e. The Morgan fingerprint density at radius 1 is 1.30 bits per heavy atom. The number of aromatic carboxylic acids is 1. The topological polar surface area (TPSA) is 88.3 Å². The first kappa shape index (κ1) is 20.7. The summed E-state index contributed by atoms with van der Waals surface area (Å²) in [4.78, 5) is 26.1. The Morgan fingerprint density at radius 2 is 2.07 bits per heavy atom. The molecule has 0 amide bonds. The van der Waals surface area contributed by atoms with E-state index in [0.717, 1.165) is 24.8 Å². The van der Waals surface area contributed by atoms with E-state index < -0.39 is 12.0 Å². The molecule has 30 heavy (non-hydrogen) atoms. The number of carbonyl (C=O) groups excluding carboxylic acids is 1. The lowest BCUT2D eigenvalue weighted by atomic mass is 9.93. The highest BCUT2D eigenvalue weighted by Gasteiger charge is 2.40. The lowest BCUT2D eigenvalue weighted by Crippen LogP contribution is -2.42. The first-order chi connectivity index (χ1) is 14.4. The number of hydrogen-bond donors (Lipinski definition) is 2. The predicted molar refractivity (Wildman–Crippen MR) is 111 cm³/mol. The molecule has 0 radical (unpaired) electrons. The largest absolute Gasteiger partial charge is 0.476 e. The molecule has 1 aromatic carbocycles. The number of carboxylic acid groups (broad SMARTS) is 1. The standard InChI is InChI=1S/C21H23FN4O3S/c22-16-4-2-1-3-15(16)19(20(27)13-5-6-13)25-9-8-18(30)14(11-25)7-10-26-12-17(21(28)29)23-24-26/h1-4,7,12-13,18-19,30H,5-6,8-11H2,(H,28,29). The highest BCUT2D eigenvalue weighted by molar-refractivity contribution is 7.81. The average Bonchev–Trinajstić information content (AvgIpc) is 3.47. The lowest BCUT2D eigenvalue weighted by Gasteiger charge is -2.37. The second kappa shape index (κ2) is 8.69. The summed E-state index contributed by atoms with van der Waals surface area (Å²) < 4.78 is 16.0. The van der Waals surface area contributed by atoms with Crippen LogP contribution in [0.3, 0.4) is 0 Å². The molecule has 1 aliphatic carbocycles. The van der Waals surface area contributed by atoms with E-state index in [1.165, 1.54) is 16.9 Å². The molecule has 1 saturated carbocycles. The first-order valence-corrected chi connectivity index (χ1v) is 10.5. The van der Waals surface area contributed by atoms with Crippen molar-refractivity contribution < 1.29 is 19.1 Å². The Balaban J connectivity index is 1.55. The zero-order valence-electron chi connectivity index (χ0n) is 16.3. The normalized spacial score (nSPS) is 22.2. The van der Waals surface area contributed by atoms with Crippen molar-refractivity contribution in [2.45, 2.75) is 37.1 Å². The number of ketones is 1. The molecular weight excluding hydrogens is 407 g/mol. The highest BCUT2D eigenvalue weighted by Crippen LogP contribution is 2.39. The number of benzene rings is 1. The van der Waals surface area contributed by atoms with Crippen LogP contribution in [0.5, 0.6) is 0 Å². The maximum atomic E-state index is 14.6. The summed E-state index contributed by atoms with van der Waals surface area (Å²) in [5, 5.41) is 16.4. The molecule has 9 heteroatoms.